The average Bonchev–Trinajstić information content (AvgIpc) is 2.92. The molecule has 1 N–H and O–H groups in total. The standard InChI is InChI=1S/C14H28N2/c1-11-7-16(8-12(11)2)10-14(3,4)9-15-13-5-6-13/h11-13,15H,5-10H2,1-4H3. The van der Waals surface area contributed by atoms with Crippen LogP contribution in [0.5, 0.6) is 0 Å². The zero-order valence-electron chi connectivity index (χ0n) is 11.4. The fourth-order valence-corrected chi connectivity index (χ4v) is 2.75. The lowest BCUT2D eigenvalue weighted by Gasteiger charge is -2.30. The molecular formula is C14H28N2. The Labute approximate surface area is 101 Å². The molecule has 16 heavy (non-hydrogen) atoms. The monoisotopic (exact) mass is 224 g/mol. The molecule has 2 heteroatoms. The van der Waals surface area contributed by atoms with Gasteiger partial charge in [0, 0.05) is 32.2 Å². The highest BCUT2D eigenvalue weighted by Crippen LogP contribution is 2.27. The summed E-state index contributed by atoms with van der Waals surface area (Å²) in [5, 5.41) is 3.67. The summed E-state index contributed by atoms with van der Waals surface area (Å²) in [6.07, 6.45) is 2.79. The van der Waals surface area contributed by atoms with Crippen LogP contribution < -0.4 is 5.32 Å². The first-order chi connectivity index (χ1) is 7.46. The highest BCUT2D eigenvalue weighted by Gasteiger charge is 2.31. The summed E-state index contributed by atoms with van der Waals surface area (Å²) >= 11 is 0. The molecule has 0 amide bonds. The Kier molecular flexibility index (Phi) is 3.60. The predicted molar refractivity (Wildman–Crippen MR) is 69.6 cm³/mol. The van der Waals surface area contributed by atoms with Crippen molar-refractivity contribution in [2.45, 2.75) is 46.6 Å². The second kappa shape index (κ2) is 4.66. The Bertz CT molecular complexity index is 223. The van der Waals surface area contributed by atoms with Crippen molar-refractivity contribution >= 4 is 0 Å². The fraction of sp³-hybridized carbons (Fsp3) is 1.00. The molecule has 0 radical (unpaired) electrons. The minimum absolute atomic E-state index is 0.423. The van der Waals surface area contributed by atoms with E-state index in [-0.39, 0.29) is 0 Å². The molecule has 0 bridgehead atoms. The van der Waals surface area contributed by atoms with E-state index in [4.69, 9.17) is 0 Å². The smallest absolute Gasteiger partial charge is 0.00684 e. The van der Waals surface area contributed by atoms with Crippen molar-refractivity contribution < 1.29 is 0 Å². The first kappa shape index (κ1) is 12.4. The van der Waals surface area contributed by atoms with Crippen molar-refractivity contribution in [2.75, 3.05) is 26.2 Å². The van der Waals surface area contributed by atoms with E-state index in [0.29, 0.717) is 5.41 Å². The van der Waals surface area contributed by atoms with Crippen molar-refractivity contribution in [3.63, 3.8) is 0 Å². The van der Waals surface area contributed by atoms with E-state index < -0.39 is 0 Å². The van der Waals surface area contributed by atoms with Crippen LogP contribution >= 0.6 is 0 Å². The Balaban J connectivity index is 1.74. The lowest BCUT2D eigenvalue weighted by atomic mass is 9.92. The number of nitrogens with zero attached hydrogens (tertiary/aromatic N) is 1. The summed E-state index contributed by atoms with van der Waals surface area (Å²) in [5.74, 6) is 1.76. The first-order valence-electron chi connectivity index (χ1n) is 6.92. The van der Waals surface area contributed by atoms with Gasteiger partial charge in [-0.1, -0.05) is 27.7 Å². The molecule has 1 aliphatic carbocycles. The summed E-state index contributed by atoms with van der Waals surface area (Å²) in [4.78, 5) is 2.66. The first-order valence-corrected chi connectivity index (χ1v) is 6.92. The summed E-state index contributed by atoms with van der Waals surface area (Å²) in [6.45, 7) is 14.6. The summed E-state index contributed by atoms with van der Waals surface area (Å²) < 4.78 is 0. The molecule has 94 valence electrons. The average molecular weight is 224 g/mol. The molecule has 1 saturated carbocycles. The van der Waals surface area contributed by atoms with Gasteiger partial charge < -0.3 is 10.2 Å². The molecule has 1 heterocycles. The van der Waals surface area contributed by atoms with Crippen molar-refractivity contribution in [1.29, 1.82) is 0 Å². The minimum atomic E-state index is 0.423. The maximum absolute atomic E-state index is 3.67. The van der Waals surface area contributed by atoms with E-state index >= 15 is 0 Å². The molecule has 0 spiro atoms. The molecule has 2 nitrogen and oxygen atoms in total. The minimum Gasteiger partial charge on any atom is -0.313 e. The van der Waals surface area contributed by atoms with Gasteiger partial charge in [0.1, 0.15) is 0 Å². The second-order valence-electron chi connectivity index (χ2n) is 6.97. The molecule has 2 fully saturated rings. The highest BCUT2D eigenvalue weighted by atomic mass is 15.2. The summed E-state index contributed by atoms with van der Waals surface area (Å²) in [6, 6.07) is 0.843. The molecule has 1 saturated heterocycles. The van der Waals surface area contributed by atoms with E-state index in [2.05, 4.69) is 37.9 Å². The molecular weight excluding hydrogens is 196 g/mol. The van der Waals surface area contributed by atoms with Gasteiger partial charge in [-0.05, 0) is 30.1 Å². The molecule has 2 unspecified atom stereocenters. The topological polar surface area (TPSA) is 15.3 Å². The van der Waals surface area contributed by atoms with E-state index in [1.165, 1.54) is 39.0 Å². The summed E-state index contributed by atoms with van der Waals surface area (Å²) in [7, 11) is 0. The van der Waals surface area contributed by atoms with Crippen LogP contribution in [-0.4, -0.2) is 37.1 Å². The van der Waals surface area contributed by atoms with Crippen LogP contribution in [0.2, 0.25) is 0 Å². The van der Waals surface area contributed by atoms with Gasteiger partial charge >= 0.3 is 0 Å². The van der Waals surface area contributed by atoms with Crippen LogP contribution in [0.4, 0.5) is 0 Å². The zero-order chi connectivity index (χ0) is 11.8. The van der Waals surface area contributed by atoms with Gasteiger partial charge in [-0.2, -0.15) is 0 Å². The normalized spacial score (nSPS) is 32.2. The Morgan fingerprint density at radius 1 is 1.12 bits per heavy atom. The number of hydrogen-bond donors (Lipinski definition) is 1. The van der Waals surface area contributed by atoms with Crippen molar-refractivity contribution in [3.8, 4) is 0 Å². The lowest BCUT2D eigenvalue weighted by Crippen LogP contribution is -2.40. The maximum Gasteiger partial charge on any atom is 0.00684 e. The Hall–Kier alpha value is -0.0800. The van der Waals surface area contributed by atoms with Gasteiger partial charge in [-0.25, -0.2) is 0 Å². The zero-order valence-corrected chi connectivity index (χ0v) is 11.4. The van der Waals surface area contributed by atoms with Crippen LogP contribution in [0.15, 0.2) is 0 Å². The van der Waals surface area contributed by atoms with Gasteiger partial charge in [-0.15, -0.1) is 0 Å². The van der Waals surface area contributed by atoms with E-state index in [0.717, 1.165) is 17.9 Å². The largest absolute Gasteiger partial charge is 0.313 e. The van der Waals surface area contributed by atoms with E-state index in [1.807, 2.05) is 0 Å². The van der Waals surface area contributed by atoms with E-state index in [1.54, 1.807) is 0 Å². The van der Waals surface area contributed by atoms with Gasteiger partial charge in [0.05, 0.1) is 0 Å². The van der Waals surface area contributed by atoms with Crippen LogP contribution in [0.25, 0.3) is 0 Å². The number of nitrogens with one attached hydrogen (secondary N) is 1. The third-order valence-electron chi connectivity index (χ3n) is 4.16. The number of rotatable bonds is 5. The van der Waals surface area contributed by atoms with Crippen LogP contribution in [0.3, 0.4) is 0 Å². The van der Waals surface area contributed by atoms with Crippen LogP contribution in [-0.2, 0) is 0 Å². The molecule has 0 aromatic carbocycles. The predicted octanol–water partition coefficient (Wildman–Crippen LogP) is 2.35. The third-order valence-corrected chi connectivity index (χ3v) is 4.16. The van der Waals surface area contributed by atoms with Gasteiger partial charge in [0.2, 0.25) is 0 Å². The SMILES string of the molecule is CC1CN(CC(C)(C)CNC2CC2)CC1C. The number of likely N-dealkylation sites (tertiary alicyclic amines) is 1. The molecule has 2 aliphatic rings. The van der Waals surface area contributed by atoms with Gasteiger partial charge in [0.15, 0.2) is 0 Å². The molecule has 2 rings (SSSR count). The van der Waals surface area contributed by atoms with Crippen molar-refractivity contribution in [1.82, 2.24) is 10.2 Å². The lowest BCUT2D eigenvalue weighted by molar-refractivity contribution is 0.197. The maximum atomic E-state index is 3.67. The van der Waals surface area contributed by atoms with E-state index in [9.17, 15) is 0 Å². The fourth-order valence-electron chi connectivity index (χ4n) is 2.75. The second-order valence-corrected chi connectivity index (χ2v) is 6.97. The van der Waals surface area contributed by atoms with Crippen molar-refractivity contribution in [3.05, 3.63) is 0 Å². The Morgan fingerprint density at radius 3 is 2.19 bits per heavy atom. The molecule has 0 aromatic rings. The van der Waals surface area contributed by atoms with Gasteiger partial charge in [-0.3, -0.25) is 0 Å². The van der Waals surface area contributed by atoms with Gasteiger partial charge in [0.25, 0.3) is 0 Å². The highest BCUT2D eigenvalue weighted by molar-refractivity contribution is 4.87. The molecule has 2 atom stereocenters. The number of hydrogen-bond acceptors (Lipinski definition) is 2. The quantitative estimate of drug-likeness (QED) is 0.771. The Morgan fingerprint density at radius 2 is 1.69 bits per heavy atom. The third kappa shape index (κ3) is 3.46. The summed E-state index contributed by atoms with van der Waals surface area (Å²) in [5.41, 5.74) is 0.423. The molecule has 1 aliphatic heterocycles. The van der Waals surface area contributed by atoms with Crippen LogP contribution in [0, 0.1) is 17.3 Å². The van der Waals surface area contributed by atoms with Crippen LogP contribution in [0.1, 0.15) is 40.5 Å². The molecule has 0 aromatic heterocycles. The van der Waals surface area contributed by atoms with Crippen molar-refractivity contribution in [2.24, 2.45) is 17.3 Å².